The van der Waals surface area contributed by atoms with Gasteiger partial charge in [0, 0.05) is 6.20 Å². The number of anilines is 2. The van der Waals surface area contributed by atoms with Crippen molar-refractivity contribution < 1.29 is 38.1 Å². The van der Waals surface area contributed by atoms with Crippen molar-refractivity contribution in [3.05, 3.63) is 35.3 Å². The number of halogens is 1. The number of H-pyrrole nitrogens is 1. The van der Waals surface area contributed by atoms with E-state index in [-0.39, 0.29) is 28.6 Å². The average molecular weight is 646 g/mol. The SMILES string of the molecule is Nc1nc2c(ncn2[C@@H]2S[C@H](CO)[C@@H](O)[C@H]2OP(=O)(S)OC[C@H]2O[C@@H](n3ccc4c(N)ncnc43)[C@@H](F)[C@@H]2O)c(=O)[nH]1. The number of nitrogens with one attached hydrogen (secondary N) is 1. The number of aromatic amines is 1. The van der Waals surface area contributed by atoms with E-state index in [0.717, 1.165) is 11.8 Å². The topological polar surface area (TPSA) is 252 Å². The number of imidazole rings is 1. The molecule has 42 heavy (non-hydrogen) atoms. The molecule has 2 aliphatic heterocycles. The number of nitrogens with zero attached hydrogens (tertiary/aromatic N) is 6. The Hall–Kier alpha value is -2.81. The zero-order chi connectivity index (χ0) is 29.9. The minimum absolute atomic E-state index is 0.0388. The van der Waals surface area contributed by atoms with Gasteiger partial charge >= 0.3 is 6.80 Å². The fourth-order valence-electron chi connectivity index (χ4n) is 4.95. The van der Waals surface area contributed by atoms with Crippen LogP contribution in [0.15, 0.2) is 29.7 Å². The second-order valence-electron chi connectivity index (χ2n) is 9.57. The first-order chi connectivity index (χ1) is 20.0. The number of nitrogens with two attached hydrogens (primary N) is 2. The highest BCUT2D eigenvalue weighted by Crippen LogP contribution is 2.59. The molecule has 2 aliphatic rings. The number of nitrogen functional groups attached to an aromatic ring is 2. The molecule has 6 rings (SSSR count). The molecule has 21 heteroatoms. The van der Waals surface area contributed by atoms with Crippen LogP contribution in [0.3, 0.4) is 0 Å². The van der Waals surface area contributed by atoms with Crippen molar-refractivity contribution in [3.63, 3.8) is 0 Å². The van der Waals surface area contributed by atoms with Crippen LogP contribution in [0.1, 0.15) is 11.6 Å². The lowest BCUT2D eigenvalue weighted by atomic mass is 10.1. The quantitative estimate of drug-likeness (QED) is 0.0962. The van der Waals surface area contributed by atoms with Crippen molar-refractivity contribution in [3.8, 4) is 0 Å². The van der Waals surface area contributed by atoms with Crippen LogP contribution in [0.25, 0.3) is 22.2 Å². The number of thioether (sulfide) groups is 1. The molecule has 2 fully saturated rings. The molecule has 6 heterocycles. The van der Waals surface area contributed by atoms with Gasteiger partial charge in [0.25, 0.3) is 5.56 Å². The highest BCUT2D eigenvalue weighted by molar-refractivity contribution is 8.44. The lowest BCUT2D eigenvalue weighted by Gasteiger charge is -2.26. The van der Waals surface area contributed by atoms with Crippen molar-refractivity contribution in [2.45, 2.75) is 47.4 Å². The molecular weight excluding hydrogens is 620 g/mol. The van der Waals surface area contributed by atoms with E-state index in [0.29, 0.717) is 5.39 Å². The molecule has 226 valence electrons. The average Bonchev–Trinajstić information content (AvgIpc) is 3.69. The largest absolute Gasteiger partial charge is 0.395 e. The number of aromatic nitrogens is 7. The van der Waals surface area contributed by atoms with Gasteiger partial charge in [-0.15, -0.1) is 11.8 Å². The van der Waals surface area contributed by atoms with Crippen LogP contribution < -0.4 is 17.0 Å². The Morgan fingerprint density at radius 1 is 1.21 bits per heavy atom. The molecule has 8 N–H and O–H groups in total. The number of hydrogen-bond donors (Lipinski definition) is 7. The van der Waals surface area contributed by atoms with Crippen LogP contribution in [0.2, 0.25) is 0 Å². The van der Waals surface area contributed by atoms with Gasteiger partial charge in [-0.1, -0.05) is 12.2 Å². The lowest BCUT2D eigenvalue weighted by molar-refractivity contribution is -0.0455. The highest BCUT2D eigenvalue weighted by Gasteiger charge is 2.50. The molecule has 0 bridgehead atoms. The molecule has 0 saturated carbocycles. The zero-order valence-corrected chi connectivity index (χ0v) is 23.8. The van der Waals surface area contributed by atoms with E-state index in [4.69, 9.17) is 25.3 Å². The number of rotatable bonds is 8. The van der Waals surface area contributed by atoms with Crippen molar-refractivity contribution in [2.75, 3.05) is 24.7 Å². The Morgan fingerprint density at radius 2 is 2.00 bits per heavy atom. The number of ether oxygens (including phenoxy) is 1. The second kappa shape index (κ2) is 11.0. The monoisotopic (exact) mass is 645 g/mol. The smallest absolute Gasteiger partial charge is 0.386 e. The second-order valence-corrected chi connectivity index (χ2v) is 13.8. The van der Waals surface area contributed by atoms with Crippen molar-refractivity contribution in [2.24, 2.45) is 0 Å². The van der Waals surface area contributed by atoms with Gasteiger partial charge in [0.15, 0.2) is 23.6 Å². The highest BCUT2D eigenvalue weighted by atomic mass is 32.7. The van der Waals surface area contributed by atoms with Crippen molar-refractivity contribution in [1.82, 2.24) is 34.1 Å². The fourth-order valence-corrected chi connectivity index (χ4v) is 7.92. The number of aliphatic hydroxyl groups is 3. The van der Waals surface area contributed by atoms with E-state index in [2.05, 4.69) is 37.2 Å². The van der Waals surface area contributed by atoms with E-state index in [9.17, 15) is 24.7 Å². The first-order valence-corrected chi connectivity index (χ1v) is 16.0. The van der Waals surface area contributed by atoms with Gasteiger partial charge < -0.3 is 36.1 Å². The molecule has 9 atom stereocenters. The predicted molar refractivity (Wildman–Crippen MR) is 150 cm³/mol. The molecule has 0 spiro atoms. The van der Waals surface area contributed by atoms with Gasteiger partial charge in [0.05, 0.1) is 36.3 Å². The van der Waals surface area contributed by atoms with Gasteiger partial charge in [-0.3, -0.25) is 23.4 Å². The summed E-state index contributed by atoms with van der Waals surface area (Å²) in [6.07, 6.45) is -4.88. The first-order valence-electron chi connectivity index (χ1n) is 12.4. The van der Waals surface area contributed by atoms with E-state index in [1.54, 1.807) is 6.07 Å². The molecule has 0 aromatic carbocycles. The van der Waals surface area contributed by atoms with Gasteiger partial charge in [0.2, 0.25) is 5.95 Å². The third-order valence-corrected chi connectivity index (χ3v) is 10.1. The van der Waals surface area contributed by atoms with Gasteiger partial charge in [-0.2, -0.15) is 4.98 Å². The summed E-state index contributed by atoms with van der Waals surface area (Å²) in [6.45, 7) is -5.38. The van der Waals surface area contributed by atoms with E-state index < -0.39 is 73.0 Å². The van der Waals surface area contributed by atoms with Gasteiger partial charge in [-0.25, -0.2) is 23.9 Å². The number of hydrogen-bond acceptors (Lipinski definition) is 15. The van der Waals surface area contributed by atoms with Crippen LogP contribution in [-0.4, -0.2) is 98.4 Å². The summed E-state index contributed by atoms with van der Waals surface area (Å²) in [5.74, 6) is 0.00471. The van der Waals surface area contributed by atoms with E-state index in [1.807, 2.05) is 0 Å². The van der Waals surface area contributed by atoms with Crippen molar-refractivity contribution >= 4 is 64.8 Å². The molecule has 0 aliphatic carbocycles. The minimum atomic E-state index is -4.32. The molecular formula is C21H25FN9O8PS2. The van der Waals surface area contributed by atoms with Crippen LogP contribution in [0.4, 0.5) is 16.2 Å². The van der Waals surface area contributed by atoms with Crippen LogP contribution in [0.5, 0.6) is 0 Å². The standard InChI is InChI=1S/C21H25FN9O8PS2/c22-10-12(33)8(38-19(10)30-2-1-7-15(23)25-5-26-16(7)30)4-37-40(36,41)39-14-13(34)9(3-32)42-20(14)31-6-27-11-17(31)28-21(24)29-18(11)35/h1-2,5-6,8-10,12-14,19-20,32-34H,3-4H2,(H,36,41)(H2,23,25,26)(H3,24,28,29,35)/t8-,9-,10+,12-,13-,14-,19-,20-,40?/m1/s1. The lowest BCUT2D eigenvalue weighted by Crippen LogP contribution is -2.35. The molecule has 0 radical (unpaired) electrons. The predicted octanol–water partition coefficient (Wildman–Crippen LogP) is -0.268. The van der Waals surface area contributed by atoms with Gasteiger partial charge in [-0.05, 0) is 6.07 Å². The normalized spacial score (nSPS) is 31.3. The molecule has 17 nitrogen and oxygen atoms in total. The van der Waals surface area contributed by atoms with Crippen molar-refractivity contribution in [1.29, 1.82) is 0 Å². The Bertz CT molecular complexity index is 1740. The molecule has 4 aromatic heterocycles. The Kier molecular flexibility index (Phi) is 7.69. The first kappa shape index (κ1) is 29.3. The summed E-state index contributed by atoms with van der Waals surface area (Å²) in [4.78, 5) is 30.7. The Labute approximate surface area is 244 Å². The molecule has 0 amide bonds. The summed E-state index contributed by atoms with van der Waals surface area (Å²) < 4.78 is 47.9. The summed E-state index contributed by atoms with van der Waals surface area (Å²) in [6, 6.07) is 1.58. The summed E-state index contributed by atoms with van der Waals surface area (Å²) in [5.41, 5.74) is 11.2. The molecule has 2 saturated heterocycles. The molecule has 1 unspecified atom stereocenters. The number of alkyl halides is 1. The van der Waals surface area contributed by atoms with E-state index in [1.165, 1.54) is 28.0 Å². The maximum atomic E-state index is 15.1. The zero-order valence-electron chi connectivity index (χ0n) is 21.2. The molecule has 4 aromatic rings. The van der Waals surface area contributed by atoms with Crippen LogP contribution >= 0.6 is 30.8 Å². The Morgan fingerprint density at radius 3 is 2.76 bits per heavy atom. The van der Waals surface area contributed by atoms with E-state index >= 15 is 4.39 Å². The summed E-state index contributed by atoms with van der Waals surface area (Å²) in [7, 11) is 0. The third-order valence-electron chi connectivity index (χ3n) is 6.98. The van der Waals surface area contributed by atoms with Gasteiger partial charge in [0.1, 0.15) is 41.5 Å². The maximum absolute atomic E-state index is 15.1. The third kappa shape index (κ3) is 5.05. The minimum Gasteiger partial charge on any atom is -0.395 e. The maximum Gasteiger partial charge on any atom is 0.386 e. The number of fused-ring (bicyclic) bond motifs is 2. The summed E-state index contributed by atoms with van der Waals surface area (Å²) >= 11 is 5.07. The fraction of sp³-hybridized carbons (Fsp3) is 0.476. The van der Waals surface area contributed by atoms with Crippen LogP contribution in [-0.2, 0) is 18.3 Å². The Balaban J connectivity index is 1.19. The number of thiol groups is 1. The number of aliphatic hydroxyl groups excluding tert-OH is 3. The van der Waals surface area contributed by atoms with Crippen LogP contribution in [0, 0.1) is 0 Å². The summed E-state index contributed by atoms with van der Waals surface area (Å²) in [5, 5.41) is 30.0.